The molecule has 4 nitrogen and oxygen atoms in total. The fraction of sp³-hybridized carbons (Fsp3) is 0.643. The molecule has 0 atom stereocenters. The smallest absolute Gasteiger partial charge is 0.268 e. The van der Waals surface area contributed by atoms with Crippen molar-refractivity contribution in [2.24, 2.45) is 0 Å². The maximum absolute atomic E-state index is 12.2. The summed E-state index contributed by atoms with van der Waals surface area (Å²) in [6.07, 6.45) is 4.54. The first-order valence-corrected chi connectivity index (χ1v) is 7.75. The average molecular weight is 328 g/mol. The summed E-state index contributed by atoms with van der Waals surface area (Å²) < 4.78 is 2.95. The minimum Gasteiger partial charge on any atom is -0.349 e. The van der Waals surface area contributed by atoms with Gasteiger partial charge in [-0.2, -0.15) is 0 Å². The van der Waals surface area contributed by atoms with Gasteiger partial charge in [-0.15, -0.1) is 0 Å². The highest BCUT2D eigenvalue weighted by molar-refractivity contribution is 9.10. The minimum absolute atomic E-state index is 0.0126. The number of aromatic nitrogens is 1. The van der Waals surface area contributed by atoms with E-state index >= 15 is 0 Å². The van der Waals surface area contributed by atoms with E-state index in [0.29, 0.717) is 0 Å². The van der Waals surface area contributed by atoms with Gasteiger partial charge in [0.1, 0.15) is 5.69 Å². The molecule has 1 amide bonds. The molecule has 19 heavy (non-hydrogen) atoms. The molecule has 1 aliphatic rings. The molecule has 1 saturated heterocycles. The summed E-state index contributed by atoms with van der Waals surface area (Å²) in [5.74, 6) is 0.0126. The molecule has 1 aromatic rings. The van der Waals surface area contributed by atoms with Crippen LogP contribution in [0.1, 0.15) is 43.2 Å². The number of hydrogen-bond acceptors (Lipinski definition) is 2. The SMILES string of the molecule is CC(C)n1cc(Br)cc1C(=O)NCCN1CCCC1. The van der Waals surface area contributed by atoms with Crippen molar-refractivity contribution in [3.8, 4) is 0 Å². The second kappa shape index (κ2) is 6.57. The van der Waals surface area contributed by atoms with Gasteiger partial charge in [0, 0.05) is 29.8 Å². The van der Waals surface area contributed by atoms with Gasteiger partial charge in [-0.25, -0.2) is 0 Å². The lowest BCUT2D eigenvalue weighted by atomic mass is 10.3. The fourth-order valence-electron chi connectivity index (χ4n) is 2.48. The van der Waals surface area contributed by atoms with Crippen LogP contribution in [-0.4, -0.2) is 41.6 Å². The first-order chi connectivity index (χ1) is 9.08. The first kappa shape index (κ1) is 14.6. The first-order valence-electron chi connectivity index (χ1n) is 6.96. The van der Waals surface area contributed by atoms with E-state index in [-0.39, 0.29) is 11.9 Å². The Hall–Kier alpha value is -0.810. The van der Waals surface area contributed by atoms with E-state index in [1.165, 1.54) is 25.9 Å². The molecule has 0 aliphatic carbocycles. The van der Waals surface area contributed by atoms with Crippen molar-refractivity contribution >= 4 is 21.8 Å². The van der Waals surface area contributed by atoms with Crippen LogP contribution in [0.3, 0.4) is 0 Å². The molecule has 0 spiro atoms. The van der Waals surface area contributed by atoms with Crippen LogP contribution in [0.2, 0.25) is 0 Å². The number of carbonyl (C=O) groups is 1. The van der Waals surface area contributed by atoms with Gasteiger partial charge in [-0.3, -0.25) is 4.79 Å². The van der Waals surface area contributed by atoms with Crippen LogP contribution in [0.15, 0.2) is 16.7 Å². The highest BCUT2D eigenvalue weighted by Crippen LogP contribution is 2.19. The van der Waals surface area contributed by atoms with Crippen LogP contribution in [0, 0.1) is 0 Å². The second-order valence-electron chi connectivity index (χ2n) is 5.35. The molecule has 1 aliphatic heterocycles. The third-order valence-electron chi connectivity index (χ3n) is 3.52. The summed E-state index contributed by atoms with van der Waals surface area (Å²) >= 11 is 3.43. The fourth-order valence-corrected chi connectivity index (χ4v) is 2.92. The quantitative estimate of drug-likeness (QED) is 0.902. The molecule has 0 bridgehead atoms. The number of nitrogens with one attached hydrogen (secondary N) is 1. The maximum atomic E-state index is 12.2. The normalized spacial score (nSPS) is 16.2. The molecule has 0 aromatic carbocycles. The Morgan fingerprint density at radius 1 is 1.42 bits per heavy atom. The van der Waals surface area contributed by atoms with Crippen molar-refractivity contribution < 1.29 is 4.79 Å². The van der Waals surface area contributed by atoms with Crippen LogP contribution in [0.25, 0.3) is 0 Å². The van der Waals surface area contributed by atoms with Crippen LogP contribution in [0.5, 0.6) is 0 Å². The van der Waals surface area contributed by atoms with E-state index in [2.05, 4.69) is 40.0 Å². The highest BCUT2D eigenvalue weighted by Gasteiger charge is 2.15. The van der Waals surface area contributed by atoms with Gasteiger partial charge in [0.25, 0.3) is 5.91 Å². The Kier molecular flexibility index (Phi) is 5.05. The van der Waals surface area contributed by atoms with Gasteiger partial charge in [0.15, 0.2) is 0 Å². The lowest BCUT2D eigenvalue weighted by Gasteiger charge is -2.16. The molecule has 1 N–H and O–H groups in total. The number of nitrogens with zero attached hydrogens (tertiary/aromatic N) is 2. The van der Waals surface area contributed by atoms with E-state index in [1.807, 2.05) is 16.8 Å². The van der Waals surface area contributed by atoms with Crippen molar-refractivity contribution in [1.29, 1.82) is 0 Å². The Bertz CT molecular complexity index is 436. The number of amides is 1. The van der Waals surface area contributed by atoms with Crippen molar-refractivity contribution in [2.75, 3.05) is 26.2 Å². The molecule has 0 saturated carbocycles. The zero-order valence-corrected chi connectivity index (χ0v) is 13.2. The lowest BCUT2D eigenvalue weighted by molar-refractivity contribution is 0.0939. The average Bonchev–Trinajstić information content (AvgIpc) is 2.98. The summed E-state index contributed by atoms with van der Waals surface area (Å²) in [6.45, 7) is 8.17. The van der Waals surface area contributed by atoms with Crippen LogP contribution in [-0.2, 0) is 0 Å². The number of halogens is 1. The maximum Gasteiger partial charge on any atom is 0.268 e. The minimum atomic E-state index is 0.0126. The van der Waals surface area contributed by atoms with Gasteiger partial charge in [-0.1, -0.05) is 0 Å². The number of hydrogen-bond donors (Lipinski definition) is 1. The molecule has 2 heterocycles. The van der Waals surface area contributed by atoms with Crippen LogP contribution >= 0.6 is 15.9 Å². The molecule has 106 valence electrons. The van der Waals surface area contributed by atoms with Crippen molar-refractivity contribution in [1.82, 2.24) is 14.8 Å². The van der Waals surface area contributed by atoms with E-state index < -0.39 is 0 Å². The zero-order valence-electron chi connectivity index (χ0n) is 11.7. The molecular formula is C14H22BrN3O. The zero-order chi connectivity index (χ0) is 13.8. The monoisotopic (exact) mass is 327 g/mol. The molecule has 1 fully saturated rings. The summed E-state index contributed by atoms with van der Waals surface area (Å²) in [6, 6.07) is 2.16. The number of likely N-dealkylation sites (tertiary alicyclic amines) is 1. The Morgan fingerprint density at radius 3 is 2.74 bits per heavy atom. The summed E-state index contributed by atoms with van der Waals surface area (Å²) in [4.78, 5) is 14.6. The van der Waals surface area contributed by atoms with Gasteiger partial charge >= 0.3 is 0 Å². The van der Waals surface area contributed by atoms with E-state index in [1.54, 1.807) is 0 Å². The number of carbonyl (C=O) groups excluding carboxylic acids is 1. The largest absolute Gasteiger partial charge is 0.349 e. The summed E-state index contributed by atoms with van der Waals surface area (Å²) in [7, 11) is 0. The topological polar surface area (TPSA) is 37.3 Å². The Labute approximate surface area is 123 Å². The van der Waals surface area contributed by atoms with Crippen LogP contribution in [0.4, 0.5) is 0 Å². The summed E-state index contributed by atoms with van der Waals surface area (Å²) in [5.41, 5.74) is 0.725. The van der Waals surface area contributed by atoms with Crippen molar-refractivity contribution in [3.63, 3.8) is 0 Å². The van der Waals surface area contributed by atoms with E-state index in [0.717, 1.165) is 23.3 Å². The van der Waals surface area contributed by atoms with Gasteiger partial charge in [0.2, 0.25) is 0 Å². The van der Waals surface area contributed by atoms with Crippen LogP contribution < -0.4 is 5.32 Å². The third kappa shape index (κ3) is 3.83. The van der Waals surface area contributed by atoms with Gasteiger partial charge in [0.05, 0.1) is 0 Å². The van der Waals surface area contributed by atoms with E-state index in [9.17, 15) is 4.79 Å². The van der Waals surface area contributed by atoms with Crippen molar-refractivity contribution in [3.05, 3.63) is 22.4 Å². The molecule has 1 aromatic heterocycles. The van der Waals surface area contributed by atoms with Gasteiger partial charge in [-0.05, 0) is 61.8 Å². The Balaban J connectivity index is 1.88. The third-order valence-corrected chi connectivity index (χ3v) is 3.95. The molecule has 0 unspecified atom stereocenters. The molecule has 2 rings (SSSR count). The second-order valence-corrected chi connectivity index (χ2v) is 6.26. The lowest BCUT2D eigenvalue weighted by Crippen LogP contribution is -2.34. The van der Waals surface area contributed by atoms with E-state index in [4.69, 9.17) is 0 Å². The standard InChI is InChI=1S/C14H22BrN3O/c1-11(2)18-10-12(15)9-13(18)14(19)16-5-8-17-6-3-4-7-17/h9-11H,3-8H2,1-2H3,(H,16,19). The van der Waals surface area contributed by atoms with Gasteiger partial charge < -0.3 is 14.8 Å². The summed E-state index contributed by atoms with van der Waals surface area (Å²) in [5, 5.41) is 3.01. The Morgan fingerprint density at radius 2 is 2.11 bits per heavy atom. The molecule has 5 heteroatoms. The predicted molar refractivity (Wildman–Crippen MR) is 80.5 cm³/mol. The van der Waals surface area contributed by atoms with Crippen molar-refractivity contribution in [2.45, 2.75) is 32.7 Å². The molecule has 0 radical (unpaired) electrons. The highest BCUT2D eigenvalue weighted by atomic mass is 79.9. The number of rotatable bonds is 5. The predicted octanol–water partition coefficient (Wildman–Crippen LogP) is 2.66. The molecular weight excluding hydrogens is 306 g/mol.